The van der Waals surface area contributed by atoms with Crippen LogP contribution in [0.4, 0.5) is 0 Å². The molecule has 78 valence electrons. The summed E-state index contributed by atoms with van der Waals surface area (Å²) in [6.45, 7) is 3.41. The second kappa shape index (κ2) is 4.91. The van der Waals surface area contributed by atoms with E-state index in [4.69, 9.17) is 11.1 Å². The molecule has 0 aromatic carbocycles. The molecule has 0 bridgehead atoms. The minimum Gasteiger partial charge on any atom is -0.328 e. The SMILES string of the molecule is C=CC(=N)NC(=O)[C@H]1CCC[C@@H](N)C1. The quantitative estimate of drug-likeness (QED) is 0.450. The van der Waals surface area contributed by atoms with Gasteiger partial charge in [-0.05, 0) is 25.3 Å². The number of hydrogen-bond donors (Lipinski definition) is 3. The maximum Gasteiger partial charge on any atom is 0.228 e. The van der Waals surface area contributed by atoms with Gasteiger partial charge in [-0.3, -0.25) is 10.2 Å². The standard InChI is InChI=1S/C10H17N3O/c1-2-9(12)13-10(14)7-4-3-5-8(11)6-7/h2,7-8H,1,3-6,11H2,(H2,12,13,14)/t7-,8+/m0/s1. The van der Waals surface area contributed by atoms with E-state index in [1.54, 1.807) is 0 Å². The number of amidine groups is 1. The predicted octanol–water partition coefficient (Wildman–Crippen LogP) is 0.783. The molecule has 0 aliphatic heterocycles. The summed E-state index contributed by atoms with van der Waals surface area (Å²) < 4.78 is 0. The molecule has 0 spiro atoms. The molecule has 1 amide bonds. The Bertz CT molecular complexity index is 250. The lowest BCUT2D eigenvalue weighted by Crippen LogP contribution is -2.39. The van der Waals surface area contributed by atoms with Gasteiger partial charge in [0.15, 0.2) is 0 Å². The smallest absolute Gasteiger partial charge is 0.228 e. The van der Waals surface area contributed by atoms with Crippen molar-refractivity contribution in [1.82, 2.24) is 5.32 Å². The summed E-state index contributed by atoms with van der Waals surface area (Å²) in [5, 5.41) is 9.75. The first-order valence-electron chi connectivity index (χ1n) is 4.91. The monoisotopic (exact) mass is 195 g/mol. The van der Waals surface area contributed by atoms with Crippen LogP contribution in [0.5, 0.6) is 0 Å². The Morgan fingerprint density at radius 3 is 2.86 bits per heavy atom. The van der Waals surface area contributed by atoms with Gasteiger partial charge in [0.05, 0.1) is 0 Å². The normalized spacial score (nSPS) is 26.6. The minimum absolute atomic E-state index is 0.0287. The van der Waals surface area contributed by atoms with E-state index in [1.807, 2.05) is 0 Å². The fourth-order valence-electron chi connectivity index (χ4n) is 1.75. The van der Waals surface area contributed by atoms with E-state index >= 15 is 0 Å². The number of carbonyl (C=O) groups excluding carboxylic acids is 1. The maximum atomic E-state index is 11.6. The molecule has 0 unspecified atom stereocenters. The van der Waals surface area contributed by atoms with Crippen molar-refractivity contribution < 1.29 is 4.79 Å². The zero-order valence-corrected chi connectivity index (χ0v) is 8.25. The molecule has 0 heterocycles. The zero-order chi connectivity index (χ0) is 10.6. The first kappa shape index (κ1) is 10.9. The molecule has 4 N–H and O–H groups in total. The van der Waals surface area contributed by atoms with Crippen molar-refractivity contribution >= 4 is 11.7 Å². The van der Waals surface area contributed by atoms with Crippen molar-refractivity contribution in [3.8, 4) is 0 Å². The largest absolute Gasteiger partial charge is 0.328 e. The van der Waals surface area contributed by atoms with Gasteiger partial charge in [-0.2, -0.15) is 0 Å². The molecule has 4 heteroatoms. The molecule has 1 aliphatic rings. The average Bonchev–Trinajstić information content (AvgIpc) is 2.17. The number of nitrogens with one attached hydrogen (secondary N) is 2. The van der Waals surface area contributed by atoms with E-state index in [0.717, 1.165) is 25.7 Å². The van der Waals surface area contributed by atoms with Gasteiger partial charge in [-0.1, -0.05) is 13.0 Å². The molecule has 1 rings (SSSR count). The van der Waals surface area contributed by atoms with Gasteiger partial charge in [0, 0.05) is 12.0 Å². The molecule has 2 atom stereocenters. The second-order valence-electron chi connectivity index (χ2n) is 3.73. The maximum absolute atomic E-state index is 11.6. The summed E-state index contributed by atoms with van der Waals surface area (Å²) in [7, 11) is 0. The van der Waals surface area contributed by atoms with E-state index < -0.39 is 0 Å². The van der Waals surface area contributed by atoms with E-state index in [0.29, 0.717) is 0 Å². The Kier molecular flexibility index (Phi) is 3.83. The van der Waals surface area contributed by atoms with Gasteiger partial charge < -0.3 is 11.1 Å². The molecule has 0 saturated heterocycles. The third kappa shape index (κ3) is 2.96. The average molecular weight is 195 g/mol. The number of amides is 1. The van der Waals surface area contributed by atoms with Gasteiger partial charge in [0.2, 0.25) is 5.91 Å². The second-order valence-corrected chi connectivity index (χ2v) is 3.73. The molecule has 0 aromatic heterocycles. The molecule has 1 saturated carbocycles. The lowest BCUT2D eigenvalue weighted by Gasteiger charge is -2.25. The van der Waals surface area contributed by atoms with Crippen LogP contribution in [0.1, 0.15) is 25.7 Å². The van der Waals surface area contributed by atoms with Crippen LogP contribution in [0.15, 0.2) is 12.7 Å². The lowest BCUT2D eigenvalue weighted by atomic mass is 9.85. The van der Waals surface area contributed by atoms with E-state index in [9.17, 15) is 4.79 Å². The molecule has 14 heavy (non-hydrogen) atoms. The highest BCUT2D eigenvalue weighted by Gasteiger charge is 2.25. The van der Waals surface area contributed by atoms with Gasteiger partial charge >= 0.3 is 0 Å². The summed E-state index contributed by atoms with van der Waals surface area (Å²) in [5.41, 5.74) is 5.77. The van der Waals surface area contributed by atoms with Crippen molar-refractivity contribution in [3.63, 3.8) is 0 Å². The highest BCUT2D eigenvalue weighted by Crippen LogP contribution is 2.22. The van der Waals surface area contributed by atoms with Gasteiger partial charge in [0.25, 0.3) is 0 Å². The third-order valence-corrected chi connectivity index (χ3v) is 2.55. The molecule has 1 aliphatic carbocycles. The molecular formula is C10H17N3O. The van der Waals surface area contributed by atoms with Crippen molar-refractivity contribution in [1.29, 1.82) is 5.41 Å². The van der Waals surface area contributed by atoms with E-state index in [2.05, 4.69) is 11.9 Å². The van der Waals surface area contributed by atoms with Crippen LogP contribution in [0.2, 0.25) is 0 Å². The minimum atomic E-state index is -0.0925. The molecule has 0 aromatic rings. The summed E-state index contributed by atoms with van der Waals surface area (Å²) in [4.78, 5) is 11.6. The van der Waals surface area contributed by atoms with Gasteiger partial charge in [0.1, 0.15) is 5.84 Å². The Morgan fingerprint density at radius 1 is 1.57 bits per heavy atom. The van der Waals surface area contributed by atoms with E-state index in [-0.39, 0.29) is 23.7 Å². The molecular weight excluding hydrogens is 178 g/mol. The van der Waals surface area contributed by atoms with Crippen LogP contribution in [0, 0.1) is 11.3 Å². The highest BCUT2D eigenvalue weighted by molar-refractivity contribution is 6.02. The Balaban J connectivity index is 2.43. The van der Waals surface area contributed by atoms with Crippen LogP contribution < -0.4 is 11.1 Å². The zero-order valence-electron chi connectivity index (χ0n) is 8.25. The fourth-order valence-corrected chi connectivity index (χ4v) is 1.75. The van der Waals surface area contributed by atoms with Crippen LogP contribution in [-0.4, -0.2) is 17.8 Å². The van der Waals surface area contributed by atoms with Crippen LogP contribution in [0.3, 0.4) is 0 Å². The van der Waals surface area contributed by atoms with Crippen molar-refractivity contribution in [2.75, 3.05) is 0 Å². The highest BCUT2D eigenvalue weighted by atomic mass is 16.1. The molecule has 0 radical (unpaired) electrons. The summed E-state index contributed by atoms with van der Waals surface area (Å²) in [6.07, 6.45) is 4.93. The Morgan fingerprint density at radius 2 is 2.29 bits per heavy atom. The summed E-state index contributed by atoms with van der Waals surface area (Å²) in [5.74, 6) is -0.0572. The Labute approximate surface area is 84.1 Å². The fraction of sp³-hybridized carbons (Fsp3) is 0.600. The van der Waals surface area contributed by atoms with Crippen LogP contribution >= 0.6 is 0 Å². The lowest BCUT2D eigenvalue weighted by molar-refractivity contribution is -0.124. The van der Waals surface area contributed by atoms with Crippen LogP contribution in [0.25, 0.3) is 0 Å². The summed E-state index contributed by atoms with van der Waals surface area (Å²) in [6, 6.07) is 0.136. The van der Waals surface area contributed by atoms with Crippen molar-refractivity contribution in [2.24, 2.45) is 11.7 Å². The number of carbonyl (C=O) groups is 1. The summed E-state index contributed by atoms with van der Waals surface area (Å²) >= 11 is 0. The van der Waals surface area contributed by atoms with Gasteiger partial charge in [-0.15, -0.1) is 0 Å². The van der Waals surface area contributed by atoms with Gasteiger partial charge in [-0.25, -0.2) is 0 Å². The molecule has 4 nitrogen and oxygen atoms in total. The first-order chi connectivity index (χ1) is 6.63. The van der Waals surface area contributed by atoms with Crippen LogP contribution in [-0.2, 0) is 4.79 Å². The van der Waals surface area contributed by atoms with Crippen molar-refractivity contribution in [2.45, 2.75) is 31.7 Å². The topological polar surface area (TPSA) is 79.0 Å². The molecule has 1 fully saturated rings. The predicted molar refractivity (Wildman–Crippen MR) is 56.0 cm³/mol. The Hall–Kier alpha value is -1.16. The number of hydrogen-bond acceptors (Lipinski definition) is 3. The number of rotatable bonds is 2. The first-order valence-corrected chi connectivity index (χ1v) is 4.91. The van der Waals surface area contributed by atoms with Crippen molar-refractivity contribution in [3.05, 3.63) is 12.7 Å². The third-order valence-electron chi connectivity index (χ3n) is 2.55. The number of nitrogens with two attached hydrogens (primary N) is 1. The van der Waals surface area contributed by atoms with E-state index in [1.165, 1.54) is 6.08 Å².